The van der Waals surface area contributed by atoms with Gasteiger partial charge < -0.3 is 11.1 Å². The molecule has 3 N–H and O–H groups in total. The van der Waals surface area contributed by atoms with E-state index in [2.05, 4.69) is 10.3 Å². The van der Waals surface area contributed by atoms with Crippen molar-refractivity contribution >= 4 is 17.4 Å². The van der Waals surface area contributed by atoms with Gasteiger partial charge in [0.2, 0.25) is 0 Å². The number of pyridine rings is 1. The first-order valence-corrected chi connectivity index (χ1v) is 6.78. The molecule has 0 atom stereocenters. The van der Waals surface area contributed by atoms with Crippen LogP contribution in [0.4, 0.5) is 11.5 Å². The Labute approximate surface area is 118 Å². The summed E-state index contributed by atoms with van der Waals surface area (Å²) in [6, 6.07) is 11.0. The summed E-state index contributed by atoms with van der Waals surface area (Å²) in [6.07, 6.45) is 2.34. The highest BCUT2D eigenvalue weighted by molar-refractivity contribution is 6.05. The molecule has 0 radical (unpaired) electrons. The molecule has 4 nitrogen and oxygen atoms in total. The molecule has 0 spiro atoms. The zero-order chi connectivity index (χ0) is 14.1. The molecule has 3 rings (SSSR count). The summed E-state index contributed by atoms with van der Waals surface area (Å²) in [7, 11) is 0. The maximum atomic E-state index is 12.1. The van der Waals surface area contributed by atoms with Crippen molar-refractivity contribution in [1.29, 1.82) is 0 Å². The van der Waals surface area contributed by atoms with Crippen molar-refractivity contribution in [2.75, 3.05) is 11.1 Å². The Hall–Kier alpha value is -2.36. The van der Waals surface area contributed by atoms with Gasteiger partial charge in [0.1, 0.15) is 0 Å². The highest BCUT2D eigenvalue weighted by Crippen LogP contribution is 2.41. The van der Waals surface area contributed by atoms with E-state index < -0.39 is 0 Å². The molecule has 1 saturated carbocycles. The van der Waals surface area contributed by atoms with E-state index in [1.54, 1.807) is 12.1 Å². The highest BCUT2D eigenvalue weighted by atomic mass is 16.1. The maximum absolute atomic E-state index is 12.1. The molecule has 1 aromatic carbocycles. The molecule has 0 aliphatic heterocycles. The molecule has 1 fully saturated rings. The minimum Gasteiger partial charge on any atom is -0.396 e. The van der Waals surface area contributed by atoms with Crippen LogP contribution in [0.5, 0.6) is 0 Å². The van der Waals surface area contributed by atoms with Crippen LogP contribution in [0.2, 0.25) is 0 Å². The second-order valence-corrected chi connectivity index (χ2v) is 5.22. The number of nitrogens with one attached hydrogen (secondary N) is 1. The molecule has 0 bridgehead atoms. The average Bonchev–Trinajstić information content (AvgIpc) is 3.27. The van der Waals surface area contributed by atoms with E-state index in [-0.39, 0.29) is 5.91 Å². The largest absolute Gasteiger partial charge is 0.396 e. The van der Waals surface area contributed by atoms with Crippen LogP contribution < -0.4 is 11.1 Å². The lowest BCUT2D eigenvalue weighted by molar-refractivity contribution is 0.102. The lowest BCUT2D eigenvalue weighted by Crippen LogP contribution is -2.15. The minimum absolute atomic E-state index is 0.185. The number of hydrogen-bond donors (Lipinski definition) is 2. The fourth-order valence-electron chi connectivity index (χ4n) is 2.29. The SMILES string of the molecule is Cc1cc(N)c(NC(=O)c2ccccc2)nc1C1CC1. The van der Waals surface area contributed by atoms with Gasteiger partial charge in [-0.2, -0.15) is 0 Å². The first-order valence-electron chi connectivity index (χ1n) is 6.78. The third kappa shape index (κ3) is 2.50. The Kier molecular flexibility index (Phi) is 3.14. The van der Waals surface area contributed by atoms with Crippen molar-refractivity contribution in [3.05, 3.63) is 53.2 Å². The van der Waals surface area contributed by atoms with E-state index in [0.717, 1.165) is 11.3 Å². The Morgan fingerprint density at radius 2 is 2.00 bits per heavy atom. The van der Waals surface area contributed by atoms with Crippen LogP contribution in [0.25, 0.3) is 0 Å². The van der Waals surface area contributed by atoms with E-state index in [1.165, 1.54) is 12.8 Å². The van der Waals surface area contributed by atoms with Crippen molar-refractivity contribution in [3.8, 4) is 0 Å². The lowest BCUT2D eigenvalue weighted by atomic mass is 10.1. The van der Waals surface area contributed by atoms with E-state index >= 15 is 0 Å². The fourth-order valence-corrected chi connectivity index (χ4v) is 2.29. The van der Waals surface area contributed by atoms with Gasteiger partial charge in [0.15, 0.2) is 5.82 Å². The van der Waals surface area contributed by atoms with Gasteiger partial charge in [0.05, 0.1) is 5.69 Å². The van der Waals surface area contributed by atoms with Gasteiger partial charge in [-0.1, -0.05) is 18.2 Å². The first-order chi connectivity index (χ1) is 9.65. The van der Waals surface area contributed by atoms with Gasteiger partial charge in [0, 0.05) is 17.2 Å². The summed E-state index contributed by atoms with van der Waals surface area (Å²) in [5.74, 6) is 0.810. The summed E-state index contributed by atoms with van der Waals surface area (Å²) in [5.41, 5.74) is 9.23. The molecule has 1 aromatic heterocycles. The molecule has 4 heteroatoms. The van der Waals surface area contributed by atoms with Gasteiger partial charge in [-0.15, -0.1) is 0 Å². The third-order valence-electron chi connectivity index (χ3n) is 3.51. The quantitative estimate of drug-likeness (QED) is 0.897. The van der Waals surface area contributed by atoms with Gasteiger partial charge in [0.25, 0.3) is 5.91 Å². The molecule has 1 heterocycles. The Balaban J connectivity index is 1.87. The van der Waals surface area contributed by atoms with E-state index in [0.29, 0.717) is 23.0 Å². The van der Waals surface area contributed by atoms with E-state index in [4.69, 9.17) is 5.73 Å². The number of nitrogen functional groups attached to an aromatic ring is 1. The number of amides is 1. The molecular formula is C16H17N3O. The van der Waals surface area contributed by atoms with Crippen molar-refractivity contribution in [2.45, 2.75) is 25.7 Å². The number of nitrogens with two attached hydrogens (primary N) is 1. The maximum Gasteiger partial charge on any atom is 0.256 e. The van der Waals surface area contributed by atoms with Crippen molar-refractivity contribution in [3.63, 3.8) is 0 Å². The standard InChI is InChI=1S/C16H17N3O/c1-10-9-13(17)15(18-14(10)11-7-8-11)19-16(20)12-5-3-2-4-6-12/h2-6,9,11H,7-8,17H2,1H3,(H,18,19,20). The molecular weight excluding hydrogens is 250 g/mol. The normalized spacial score (nSPS) is 14.1. The first kappa shape index (κ1) is 12.7. The number of carbonyl (C=O) groups excluding carboxylic acids is 1. The lowest BCUT2D eigenvalue weighted by Gasteiger charge is -2.11. The number of rotatable bonds is 3. The predicted octanol–water partition coefficient (Wildman–Crippen LogP) is 3.10. The Morgan fingerprint density at radius 3 is 2.65 bits per heavy atom. The molecule has 2 aromatic rings. The average molecular weight is 267 g/mol. The summed E-state index contributed by atoms with van der Waals surface area (Å²) < 4.78 is 0. The third-order valence-corrected chi connectivity index (χ3v) is 3.51. The van der Waals surface area contributed by atoms with Crippen LogP contribution >= 0.6 is 0 Å². The summed E-state index contributed by atoms with van der Waals surface area (Å²) >= 11 is 0. The Bertz CT molecular complexity index is 648. The second kappa shape index (κ2) is 4.96. The van der Waals surface area contributed by atoms with E-state index in [1.807, 2.05) is 31.2 Å². The van der Waals surface area contributed by atoms with Crippen LogP contribution in [0, 0.1) is 6.92 Å². The van der Waals surface area contributed by atoms with Crippen LogP contribution in [-0.4, -0.2) is 10.9 Å². The molecule has 1 aliphatic rings. The molecule has 20 heavy (non-hydrogen) atoms. The van der Waals surface area contributed by atoms with Crippen LogP contribution in [-0.2, 0) is 0 Å². The summed E-state index contributed by atoms with van der Waals surface area (Å²) in [4.78, 5) is 16.7. The smallest absolute Gasteiger partial charge is 0.256 e. The number of aryl methyl sites for hydroxylation is 1. The summed E-state index contributed by atoms with van der Waals surface area (Å²) in [6.45, 7) is 2.01. The second-order valence-electron chi connectivity index (χ2n) is 5.22. The molecule has 0 saturated heterocycles. The van der Waals surface area contributed by atoms with Gasteiger partial charge in [-0.05, 0) is 43.5 Å². The van der Waals surface area contributed by atoms with Crippen molar-refractivity contribution in [1.82, 2.24) is 4.98 Å². The van der Waals surface area contributed by atoms with Gasteiger partial charge >= 0.3 is 0 Å². The summed E-state index contributed by atoms with van der Waals surface area (Å²) in [5, 5.41) is 2.80. The van der Waals surface area contributed by atoms with E-state index in [9.17, 15) is 4.79 Å². The fraction of sp³-hybridized carbons (Fsp3) is 0.250. The van der Waals surface area contributed by atoms with Crippen LogP contribution in [0.15, 0.2) is 36.4 Å². The molecule has 1 aliphatic carbocycles. The Morgan fingerprint density at radius 1 is 1.30 bits per heavy atom. The molecule has 0 unspecified atom stereocenters. The number of nitrogens with zero attached hydrogens (tertiary/aromatic N) is 1. The van der Waals surface area contributed by atoms with Gasteiger partial charge in [-0.3, -0.25) is 4.79 Å². The van der Waals surface area contributed by atoms with Crippen molar-refractivity contribution in [2.24, 2.45) is 0 Å². The van der Waals surface area contributed by atoms with Crippen molar-refractivity contribution < 1.29 is 4.79 Å². The zero-order valence-electron chi connectivity index (χ0n) is 11.4. The van der Waals surface area contributed by atoms with Crippen LogP contribution in [0.3, 0.4) is 0 Å². The topological polar surface area (TPSA) is 68.0 Å². The predicted molar refractivity (Wildman–Crippen MR) is 79.8 cm³/mol. The number of carbonyl (C=O) groups is 1. The monoisotopic (exact) mass is 267 g/mol. The van der Waals surface area contributed by atoms with Crippen LogP contribution in [0.1, 0.15) is 40.4 Å². The highest BCUT2D eigenvalue weighted by Gasteiger charge is 2.27. The number of anilines is 2. The van der Waals surface area contributed by atoms with Gasteiger partial charge in [-0.25, -0.2) is 4.98 Å². The molecule has 102 valence electrons. The number of benzene rings is 1. The minimum atomic E-state index is -0.185. The number of aromatic nitrogens is 1. The zero-order valence-corrected chi connectivity index (χ0v) is 11.4. The number of hydrogen-bond acceptors (Lipinski definition) is 3. The molecule has 1 amide bonds.